The maximum Gasteiger partial charge on any atom is 0.339 e. The molecule has 6 heteroatoms. The summed E-state index contributed by atoms with van der Waals surface area (Å²) >= 11 is 9.19. The van der Waals surface area contributed by atoms with Crippen LogP contribution in [0.15, 0.2) is 40.9 Å². The average Bonchev–Trinajstić information content (AvgIpc) is 2.37. The van der Waals surface area contributed by atoms with Gasteiger partial charge in [-0.3, -0.25) is 4.79 Å². The molecule has 0 unspecified atom stereocenters. The second kappa shape index (κ2) is 6.28. The van der Waals surface area contributed by atoms with Gasteiger partial charge >= 0.3 is 5.97 Å². The van der Waals surface area contributed by atoms with Crippen LogP contribution in [0.5, 0.6) is 0 Å². The van der Waals surface area contributed by atoms with Gasteiger partial charge in [-0.25, -0.2) is 4.79 Å². The van der Waals surface area contributed by atoms with Gasteiger partial charge in [0.2, 0.25) is 0 Å². The van der Waals surface area contributed by atoms with E-state index in [1.165, 1.54) is 12.1 Å². The van der Waals surface area contributed by atoms with E-state index >= 15 is 0 Å². The molecule has 0 saturated carbocycles. The Morgan fingerprint density at radius 2 is 1.95 bits per heavy atom. The number of carbonyl (C=O) groups is 2. The second-order valence-corrected chi connectivity index (χ2v) is 5.76. The van der Waals surface area contributed by atoms with E-state index in [0.717, 1.165) is 10.0 Å². The molecule has 0 aliphatic rings. The average molecular weight is 369 g/mol. The molecule has 0 atom stereocenters. The Labute approximate surface area is 134 Å². The molecule has 0 aliphatic heterocycles. The molecule has 0 bridgehead atoms. The predicted octanol–water partition coefficient (Wildman–Crippen LogP) is 4.36. The lowest BCUT2D eigenvalue weighted by atomic mass is 10.1. The van der Waals surface area contributed by atoms with Gasteiger partial charge in [-0.1, -0.05) is 33.6 Å². The first kappa shape index (κ1) is 15.5. The molecule has 2 aromatic rings. The zero-order valence-corrected chi connectivity index (χ0v) is 13.3. The Balaban J connectivity index is 2.36. The molecule has 0 aromatic heterocycles. The third kappa shape index (κ3) is 3.62. The summed E-state index contributed by atoms with van der Waals surface area (Å²) in [6, 6.07) is 9.79. The molecule has 4 nitrogen and oxygen atoms in total. The fourth-order valence-corrected chi connectivity index (χ4v) is 2.77. The van der Waals surface area contributed by atoms with E-state index in [-0.39, 0.29) is 16.3 Å². The zero-order chi connectivity index (χ0) is 15.6. The maximum atomic E-state index is 12.2. The minimum absolute atomic E-state index is 0.0747. The SMILES string of the molecule is Cc1cc(Br)cc(C(=O)Nc2cccc(Cl)c2C(=O)O)c1. The molecular formula is C15H11BrClNO3. The highest BCUT2D eigenvalue weighted by Gasteiger charge is 2.17. The Morgan fingerprint density at radius 3 is 2.57 bits per heavy atom. The van der Waals surface area contributed by atoms with Crippen LogP contribution in [0.3, 0.4) is 0 Å². The first-order chi connectivity index (χ1) is 9.88. The number of amides is 1. The van der Waals surface area contributed by atoms with Crippen molar-refractivity contribution in [2.75, 3.05) is 5.32 Å². The highest BCUT2D eigenvalue weighted by Crippen LogP contribution is 2.25. The third-order valence-corrected chi connectivity index (χ3v) is 3.55. The number of aryl methyl sites for hydroxylation is 1. The lowest BCUT2D eigenvalue weighted by Crippen LogP contribution is -2.15. The summed E-state index contributed by atoms with van der Waals surface area (Å²) < 4.78 is 0.775. The van der Waals surface area contributed by atoms with E-state index in [1.54, 1.807) is 18.2 Å². The van der Waals surface area contributed by atoms with E-state index in [1.807, 2.05) is 13.0 Å². The van der Waals surface area contributed by atoms with Crippen LogP contribution in [-0.4, -0.2) is 17.0 Å². The normalized spacial score (nSPS) is 10.2. The number of hydrogen-bond donors (Lipinski definition) is 2. The van der Waals surface area contributed by atoms with Crippen LogP contribution in [0, 0.1) is 6.92 Å². The van der Waals surface area contributed by atoms with Gasteiger partial charge in [-0.05, 0) is 42.8 Å². The van der Waals surface area contributed by atoms with Crippen molar-refractivity contribution in [1.82, 2.24) is 0 Å². The third-order valence-electron chi connectivity index (χ3n) is 2.78. The highest BCUT2D eigenvalue weighted by molar-refractivity contribution is 9.10. The number of halogens is 2. The molecule has 0 saturated heterocycles. The number of anilines is 1. The van der Waals surface area contributed by atoms with Gasteiger partial charge in [0, 0.05) is 10.0 Å². The number of carboxylic acid groups (broad SMARTS) is 1. The van der Waals surface area contributed by atoms with Crippen LogP contribution in [0.1, 0.15) is 26.3 Å². The van der Waals surface area contributed by atoms with Crippen molar-refractivity contribution in [3.63, 3.8) is 0 Å². The van der Waals surface area contributed by atoms with Crippen LogP contribution in [0.4, 0.5) is 5.69 Å². The summed E-state index contributed by atoms with van der Waals surface area (Å²) in [5, 5.41) is 11.8. The summed E-state index contributed by atoms with van der Waals surface area (Å²) in [4.78, 5) is 23.5. The zero-order valence-electron chi connectivity index (χ0n) is 11.0. The summed E-state index contributed by atoms with van der Waals surface area (Å²) in [5.41, 5.74) is 1.38. The second-order valence-electron chi connectivity index (χ2n) is 4.44. The molecule has 0 fully saturated rings. The van der Waals surface area contributed by atoms with Crippen molar-refractivity contribution in [2.45, 2.75) is 6.92 Å². The van der Waals surface area contributed by atoms with Crippen LogP contribution >= 0.6 is 27.5 Å². The number of aromatic carboxylic acids is 1. The summed E-state index contributed by atoms with van der Waals surface area (Å²) in [7, 11) is 0. The molecule has 0 heterocycles. The van der Waals surface area contributed by atoms with Crippen LogP contribution in [0.2, 0.25) is 5.02 Å². The largest absolute Gasteiger partial charge is 0.478 e. The van der Waals surface area contributed by atoms with Gasteiger partial charge in [0.05, 0.1) is 10.7 Å². The van der Waals surface area contributed by atoms with E-state index in [9.17, 15) is 14.7 Å². The molecule has 2 N–H and O–H groups in total. The summed E-state index contributed by atoms with van der Waals surface area (Å²) in [6.45, 7) is 1.86. The first-order valence-electron chi connectivity index (χ1n) is 5.99. The maximum absolute atomic E-state index is 12.2. The van der Waals surface area contributed by atoms with Crippen LogP contribution < -0.4 is 5.32 Å². The van der Waals surface area contributed by atoms with Crippen molar-refractivity contribution in [1.29, 1.82) is 0 Å². The fraction of sp³-hybridized carbons (Fsp3) is 0.0667. The minimum atomic E-state index is -1.19. The van der Waals surface area contributed by atoms with Gasteiger partial charge in [0.25, 0.3) is 5.91 Å². The summed E-state index contributed by atoms with van der Waals surface area (Å²) in [6.07, 6.45) is 0. The highest BCUT2D eigenvalue weighted by atomic mass is 79.9. The fourth-order valence-electron chi connectivity index (χ4n) is 1.91. The van der Waals surface area contributed by atoms with Gasteiger partial charge in [0.15, 0.2) is 0 Å². The van der Waals surface area contributed by atoms with Crippen molar-refractivity contribution >= 4 is 45.1 Å². The number of carboxylic acids is 1. The van der Waals surface area contributed by atoms with Crippen molar-refractivity contribution in [3.05, 3.63) is 62.6 Å². The van der Waals surface area contributed by atoms with E-state index in [4.69, 9.17) is 11.6 Å². The standard InChI is InChI=1S/C15H11BrClNO3/c1-8-5-9(7-10(16)6-8)14(19)18-12-4-2-3-11(17)13(12)15(20)21/h2-7H,1H3,(H,18,19)(H,20,21). The Hall–Kier alpha value is -1.85. The molecule has 0 aliphatic carbocycles. The molecule has 108 valence electrons. The molecular weight excluding hydrogens is 358 g/mol. The van der Waals surface area contributed by atoms with Gasteiger partial charge in [0.1, 0.15) is 5.56 Å². The Kier molecular flexibility index (Phi) is 4.65. The topological polar surface area (TPSA) is 66.4 Å². The monoisotopic (exact) mass is 367 g/mol. The molecule has 2 rings (SSSR count). The summed E-state index contributed by atoms with van der Waals surface area (Å²) in [5.74, 6) is -1.59. The first-order valence-corrected chi connectivity index (χ1v) is 7.16. The van der Waals surface area contributed by atoms with Gasteiger partial charge < -0.3 is 10.4 Å². The number of benzene rings is 2. The van der Waals surface area contributed by atoms with Crippen molar-refractivity contribution < 1.29 is 14.7 Å². The number of hydrogen-bond acceptors (Lipinski definition) is 2. The smallest absolute Gasteiger partial charge is 0.339 e. The number of carbonyl (C=O) groups excluding carboxylic acids is 1. The van der Waals surface area contributed by atoms with Crippen LogP contribution in [0.25, 0.3) is 0 Å². The van der Waals surface area contributed by atoms with Gasteiger partial charge in [-0.15, -0.1) is 0 Å². The molecule has 0 spiro atoms. The quantitative estimate of drug-likeness (QED) is 0.846. The predicted molar refractivity (Wildman–Crippen MR) is 85.2 cm³/mol. The minimum Gasteiger partial charge on any atom is -0.478 e. The van der Waals surface area contributed by atoms with Gasteiger partial charge in [-0.2, -0.15) is 0 Å². The molecule has 21 heavy (non-hydrogen) atoms. The van der Waals surface area contributed by atoms with Crippen molar-refractivity contribution in [3.8, 4) is 0 Å². The van der Waals surface area contributed by atoms with Crippen LogP contribution in [-0.2, 0) is 0 Å². The Bertz CT molecular complexity index is 711. The van der Waals surface area contributed by atoms with E-state index < -0.39 is 11.9 Å². The van der Waals surface area contributed by atoms with Crippen molar-refractivity contribution in [2.24, 2.45) is 0 Å². The number of rotatable bonds is 3. The lowest BCUT2D eigenvalue weighted by Gasteiger charge is -2.10. The molecule has 2 aromatic carbocycles. The lowest BCUT2D eigenvalue weighted by molar-refractivity contribution is 0.0698. The van der Waals surface area contributed by atoms with E-state index in [2.05, 4.69) is 21.2 Å². The number of nitrogens with one attached hydrogen (secondary N) is 1. The Morgan fingerprint density at radius 1 is 1.24 bits per heavy atom. The van der Waals surface area contributed by atoms with E-state index in [0.29, 0.717) is 5.56 Å². The molecule has 0 radical (unpaired) electrons. The molecule has 1 amide bonds.